The van der Waals surface area contributed by atoms with Crippen molar-refractivity contribution in [2.75, 3.05) is 0 Å². The molecule has 0 fully saturated rings. The molecule has 2 nitrogen and oxygen atoms in total. The van der Waals surface area contributed by atoms with Crippen LogP contribution in [-0.4, -0.2) is 8.40 Å². The largest absolute Gasteiger partial charge is 4.00 e. The van der Waals surface area contributed by atoms with E-state index in [1.54, 1.807) is 0 Å². The van der Waals surface area contributed by atoms with Gasteiger partial charge in [-0.25, -0.2) is 0 Å². The van der Waals surface area contributed by atoms with E-state index in [2.05, 4.69) is 51.2 Å². The Kier molecular flexibility index (Phi) is 10.4. The summed E-state index contributed by atoms with van der Waals surface area (Å²) in [4.78, 5) is 9.80. The molecule has 0 aliphatic heterocycles. The molecule has 2 aromatic rings. The monoisotopic (exact) mass is 346 g/mol. The molecule has 0 aliphatic rings. The van der Waals surface area contributed by atoms with Gasteiger partial charge in [-0.1, -0.05) is 59.7 Å². The van der Waals surface area contributed by atoms with E-state index in [1.807, 2.05) is 24.3 Å². The molecular formula is C18H26N2SiTi. The molecule has 0 unspecified atom stereocenters. The second-order valence-electron chi connectivity index (χ2n) is 5.29. The second kappa shape index (κ2) is 9.88. The second-order valence-corrected chi connectivity index (χ2v) is 8.73. The Morgan fingerprint density at radius 2 is 1.00 bits per heavy atom. The molecule has 0 amide bonds. The van der Waals surface area contributed by atoms with Crippen molar-refractivity contribution in [3.63, 3.8) is 0 Å². The standard InChI is InChI=1S/C16H20N2Si.2CH3.Ti/c1-13-9-5-7-11-15(13)17-19(3,4)18-16-12-8-6-10-14(16)2;;;/h5-12H,1-4H3;2*1H3;/q-2;2*-1;+4. The first-order valence-electron chi connectivity index (χ1n) is 6.55. The van der Waals surface area contributed by atoms with Gasteiger partial charge in [0.1, 0.15) is 0 Å². The molecule has 0 aromatic heterocycles. The van der Waals surface area contributed by atoms with Crippen LogP contribution in [0.5, 0.6) is 0 Å². The van der Waals surface area contributed by atoms with Gasteiger partial charge in [-0.05, 0) is 13.8 Å². The van der Waals surface area contributed by atoms with E-state index in [0.717, 1.165) is 11.4 Å². The van der Waals surface area contributed by atoms with E-state index >= 15 is 0 Å². The molecule has 0 heterocycles. The molecule has 2 aromatic carbocycles. The van der Waals surface area contributed by atoms with Crippen molar-refractivity contribution in [3.05, 3.63) is 84.5 Å². The van der Waals surface area contributed by atoms with E-state index in [1.165, 1.54) is 11.1 Å². The van der Waals surface area contributed by atoms with Crippen LogP contribution in [-0.2, 0) is 21.7 Å². The quantitative estimate of drug-likeness (QED) is 0.440. The summed E-state index contributed by atoms with van der Waals surface area (Å²) in [5, 5.41) is 0. The van der Waals surface area contributed by atoms with Crippen LogP contribution >= 0.6 is 0 Å². The fourth-order valence-corrected chi connectivity index (χ4v) is 3.72. The van der Waals surface area contributed by atoms with Crippen molar-refractivity contribution in [2.45, 2.75) is 26.9 Å². The summed E-state index contributed by atoms with van der Waals surface area (Å²) >= 11 is 0. The zero-order valence-corrected chi connectivity index (χ0v) is 17.1. The molecule has 4 heteroatoms. The third-order valence-corrected chi connectivity index (χ3v) is 4.60. The molecule has 2 rings (SSSR count). The SMILES string of the molecule is Cc1ccccc1[N-][Si](C)(C)[N-]c1ccccc1C.[CH3-].[CH3-].[Ti+4]. The van der Waals surface area contributed by atoms with Gasteiger partial charge in [0.2, 0.25) is 0 Å². The van der Waals surface area contributed by atoms with Gasteiger partial charge in [0.05, 0.1) is 0 Å². The van der Waals surface area contributed by atoms with Crippen molar-refractivity contribution in [1.29, 1.82) is 0 Å². The average molecular weight is 346 g/mol. The fourth-order valence-electron chi connectivity index (χ4n) is 1.99. The van der Waals surface area contributed by atoms with E-state index in [4.69, 9.17) is 9.96 Å². The Morgan fingerprint density at radius 3 is 1.32 bits per heavy atom. The van der Waals surface area contributed by atoms with Crippen LogP contribution in [0.1, 0.15) is 11.1 Å². The minimum absolute atomic E-state index is 0. The maximum Gasteiger partial charge on any atom is 4.00 e. The van der Waals surface area contributed by atoms with Crippen molar-refractivity contribution in [2.24, 2.45) is 0 Å². The van der Waals surface area contributed by atoms with Crippen molar-refractivity contribution in [1.82, 2.24) is 0 Å². The van der Waals surface area contributed by atoms with Crippen LogP contribution in [0.4, 0.5) is 11.4 Å². The Balaban J connectivity index is 0. The predicted octanol–water partition coefficient (Wildman–Crippen LogP) is 6.61. The van der Waals surface area contributed by atoms with Crippen molar-refractivity contribution in [3.8, 4) is 0 Å². The maximum atomic E-state index is 4.90. The van der Waals surface area contributed by atoms with Crippen molar-refractivity contribution < 1.29 is 21.7 Å². The molecule has 0 aliphatic carbocycles. The smallest absolute Gasteiger partial charge is 0.699 e. The van der Waals surface area contributed by atoms with Crippen LogP contribution in [0, 0.1) is 28.7 Å². The van der Waals surface area contributed by atoms with Gasteiger partial charge in [0.15, 0.2) is 0 Å². The van der Waals surface area contributed by atoms with Gasteiger partial charge >= 0.3 is 21.7 Å². The van der Waals surface area contributed by atoms with E-state index in [9.17, 15) is 0 Å². The van der Waals surface area contributed by atoms with Gasteiger partial charge in [-0.2, -0.15) is 0 Å². The topological polar surface area (TPSA) is 28.2 Å². The summed E-state index contributed by atoms with van der Waals surface area (Å²) in [5.41, 5.74) is 4.55. The van der Waals surface area contributed by atoms with Gasteiger partial charge in [-0.3, -0.25) is 0 Å². The number of rotatable bonds is 4. The molecule has 0 atom stereocenters. The number of hydrogen-bond acceptors (Lipinski definition) is 0. The summed E-state index contributed by atoms with van der Waals surface area (Å²) in [5.74, 6) is 0. The summed E-state index contributed by atoms with van der Waals surface area (Å²) in [6, 6.07) is 16.5. The third kappa shape index (κ3) is 6.39. The molecule has 0 N–H and O–H groups in total. The minimum atomic E-state index is -2.00. The van der Waals surface area contributed by atoms with Crippen molar-refractivity contribution >= 4 is 19.8 Å². The van der Waals surface area contributed by atoms with E-state index in [0.29, 0.717) is 0 Å². The van der Waals surface area contributed by atoms with Gasteiger partial charge < -0.3 is 24.8 Å². The zero-order valence-electron chi connectivity index (χ0n) is 14.5. The normalized spacial score (nSPS) is 9.64. The number of aryl methyl sites for hydroxylation is 2. The van der Waals surface area contributed by atoms with Crippen LogP contribution < -0.4 is 0 Å². The molecule has 116 valence electrons. The summed E-state index contributed by atoms with van der Waals surface area (Å²) in [7, 11) is -2.00. The first kappa shape index (κ1) is 23.2. The molecule has 0 radical (unpaired) electrons. The van der Waals surface area contributed by atoms with Crippen LogP contribution in [0.3, 0.4) is 0 Å². The Morgan fingerprint density at radius 1 is 0.682 bits per heavy atom. The van der Waals surface area contributed by atoms with Gasteiger partial charge in [0, 0.05) is 0 Å². The summed E-state index contributed by atoms with van der Waals surface area (Å²) in [6.45, 7) is 8.53. The number of benzene rings is 2. The Hall–Kier alpha value is -1.03. The first-order chi connectivity index (χ1) is 8.98. The third-order valence-electron chi connectivity index (χ3n) is 3.02. The van der Waals surface area contributed by atoms with Crippen LogP contribution in [0.15, 0.2) is 48.5 Å². The molecule has 0 spiro atoms. The summed E-state index contributed by atoms with van der Waals surface area (Å²) < 4.78 is 0. The predicted molar refractivity (Wildman–Crippen MR) is 98.7 cm³/mol. The molecule has 22 heavy (non-hydrogen) atoms. The van der Waals surface area contributed by atoms with Gasteiger partial charge in [-0.15, -0.1) is 32.9 Å². The first-order valence-corrected chi connectivity index (χ1v) is 9.44. The van der Waals surface area contributed by atoms with E-state index < -0.39 is 8.40 Å². The maximum absolute atomic E-state index is 4.90. The van der Waals surface area contributed by atoms with Crippen LogP contribution in [0.2, 0.25) is 13.1 Å². The zero-order chi connectivity index (χ0) is 13.9. The number of hydrogen-bond donors (Lipinski definition) is 0. The van der Waals surface area contributed by atoms with Crippen LogP contribution in [0.25, 0.3) is 9.96 Å². The fraction of sp³-hybridized carbons (Fsp3) is 0.222. The molecule has 0 saturated heterocycles. The number of nitrogens with zero attached hydrogens (tertiary/aromatic N) is 2. The molecular weight excluding hydrogens is 320 g/mol. The van der Waals surface area contributed by atoms with E-state index in [-0.39, 0.29) is 36.6 Å². The molecule has 0 saturated carbocycles. The summed E-state index contributed by atoms with van der Waals surface area (Å²) in [6.07, 6.45) is 0. The Labute approximate surface area is 152 Å². The average Bonchev–Trinajstić information content (AvgIpc) is 2.35. The minimum Gasteiger partial charge on any atom is -0.699 e. The molecule has 0 bridgehead atoms. The Bertz CT molecular complexity index is 521. The van der Waals surface area contributed by atoms with Gasteiger partial charge in [0.25, 0.3) is 0 Å².